The Morgan fingerprint density at radius 1 is 1.17 bits per heavy atom. The molecule has 0 fully saturated rings. The molecule has 1 amide bonds. The number of hydrogen-bond acceptors (Lipinski definition) is 4. The number of aryl methyl sites for hydroxylation is 2. The third-order valence-corrected chi connectivity index (χ3v) is 3.79. The lowest BCUT2D eigenvalue weighted by molar-refractivity contribution is -0.115. The lowest BCUT2D eigenvalue weighted by atomic mass is 10.1. The van der Waals surface area contributed by atoms with Gasteiger partial charge in [0.15, 0.2) is 0 Å². The van der Waals surface area contributed by atoms with Crippen LogP contribution in [-0.2, 0) is 11.2 Å². The first-order valence-electron chi connectivity index (χ1n) is 7.47. The second-order valence-corrected chi connectivity index (χ2v) is 6.00. The molecule has 0 aliphatic heterocycles. The lowest BCUT2D eigenvalue weighted by Crippen LogP contribution is -2.15. The molecule has 24 heavy (non-hydrogen) atoms. The Kier molecular flexibility index (Phi) is 4.62. The molecule has 0 aliphatic carbocycles. The lowest BCUT2D eigenvalue weighted by Gasteiger charge is -2.07. The molecule has 122 valence electrons. The molecule has 1 aromatic heterocycles. The van der Waals surface area contributed by atoms with Gasteiger partial charge in [-0.05, 0) is 49.7 Å². The molecule has 3 aromatic rings. The molecule has 0 unspecified atom stereocenters. The maximum Gasteiger partial charge on any atom is 0.236 e. The van der Waals surface area contributed by atoms with Gasteiger partial charge in [-0.2, -0.15) is 4.98 Å². The van der Waals surface area contributed by atoms with Crippen molar-refractivity contribution >= 4 is 23.2 Å². The Morgan fingerprint density at radius 3 is 2.62 bits per heavy atom. The highest BCUT2D eigenvalue weighted by atomic mass is 35.5. The van der Waals surface area contributed by atoms with E-state index in [9.17, 15) is 4.79 Å². The SMILES string of the molecule is Cc1ccc(NC(=O)Cc2nc(-c3ccc(Cl)cc3)no2)c(C)c1. The number of nitrogens with zero attached hydrogens (tertiary/aromatic N) is 2. The zero-order valence-electron chi connectivity index (χ0n) is 13.3. The first kappa shape index (κ1) is 16.2. The molecule has 0 spiro atoms. The quantitative estimate of drug-likeness (QED) is 0.772. The van der Waals surface area contributed by atoms with Crippen LogP contribution in [0.3, 0.4) is 0 Å². The summed E-state index contributed by atoms with van der Waals surface area (Å²) in [4.78, 5) is 16.4. The summed E-state index contributed by atoms with van der Waals surface area (Å²) in [6.45, 7) is 3.96. The van der Waals surface area contributed by atoms with Crippen molar-refractivity contribution in [3.05, 3.63) is 64.5 Å². The van der Waals surface area contributed by atoms with Crippen LogP contribution in [0, 0.1) is 13.8 Å². The zero-order valence-corrected chi connectivity index (χ0v) is 14.1. The molecule has 0 aliphatic rings. The van der Waals surface area contributed by atoms with E-state index in [1.807, 2.05) is 32.0 Å². The zero-order chi connectivity index (χ0) is 17.1. The number of anilines is 1. The van der Waals surface area contributed by atoms with E-state index in [0.29, 0.717) is 10.8 Å². The van der Waals surface area contributed by atoms with Gasteiger partial charge in [-0.3, -0.25) is 4.79 Å². The van der Waals surface area contributed by atoms with E-state index in [1.54, 1.807) is 24.3 Å². The molecule has 0 atom stereocenters. The normalized spacial score (nSPS) is 10.6. The summed E-state index contributed by atoms with van der Waals surface area (Å²) >= 11 is 5.86. The number of rotatable bonds is 4. The second-order valence-electron chi connectivity index (χ2n) is 5.56. The maximum atomic E-state index is 12.2. The topological polar surface area (TPSA) is 68.0 Å². The van der Waals surface area contributed by atoms with Crippen molar-refractivity contribution in [1.82, 2.24) is 10.1 Å². The number of aromatic nitrogens is 2. The average molecular weight is 342 g/mol. The molecule has 2 aromatic carbocycles. The van der Waals surface area contributed by atoms with Crippen molar-refractivity contribution in [1.29, 1.82) is 0 Å². The summed E-state index contributed by atoms with van der Waals surface area (Å²) in [5.74, 6) is 0.497. The maximum absolute atomic E-state index is 12.2. The number of carbonyl (C=O) groups is 1. The van der Waals surface area contributed by atoms with Crippen molar-refractivity contribution in [2.24, 2.45) is 0 Å². The van der Waals surface area contributed by atoms with Gasteiger partial charge in [0, 0.05) is 16.3 Å². The van der Waals surface area contributed by atoms with Crippen molar-refractivity contribution in [3.63, 3.8) is 0 Å². The van der Waals surface area contributed by atoms with E-state index < -0.39 is 0 Å². The highest BCUT2D eigenvalue weighted by Gasteiger charge is 2.13. The average Bonchev–Trinajstić information content (AvgIpc) is 2.99. The molecular formula is C18H16ClN3O2. The van der Waals surface area contributed by atoms with E-state index in [-0.39, 0.29) is 18.2 Å². The third-order valence-electron chi connectivity index (χ3n) is 3.54. The fourth-order valence-corrected chi connectivity index (χ4v) is 2.45. The van der Waals surface area contributed by atoms with Crippen molar-refractivity contribution in [2.75, 3.05) is 5.32 Å². The largest absolute Gasteiger partial charge is 0.338 e. The molecule has 0 bridgehead atoms. The fourth-order valence-electron chi connectivity index (χ4n) is 2.33. The van der Waals surface area contributed by atoms with Crippen LogP contribution in [0.15, 0.2) is 47.0 Å². The van der Waals surface area contributed by atoms with Gasteiger partial charge >= 0.3 is 0 Å². The molecule has 5 nitrogen and oxygen atoms in total. The van der Waals surface area contributed by atoms with Gasteiger partial charge in [0.05, 0.1) is 0 Å². The van der Waals surface area contributed by atoms with Crippen LogP contribution < -0.4 is 5.32 Å². The Labute approximate surface area is 144 Å². The minimum atomic E-state index is -0.201. The van der Waals surface area contributed by atoms with Crippen LogP contribution in [0.2, 0.25) is 5.02 Å². The number of nitrogens with one attached hydrogen (secondary N) is 1. The second kappa shape index (κ2) is 6.84. The number of benzene rings is 2. The molecule has 0 saturated heterocycles. The van der Waals surface area contributed by atoms with Crippen molar-refractivity contribution < 1.29 is 9.32 Å². The summed E-state index contributed by atoms with van der Waals surface area (Å²) in [6.07, 6.45) is 0.0217. The van der Waals surface area contributed by atoms with Crippen LogP contribution in [0.4, 0.5) is 5.69 Å². The van der Waals surface area contributed by atoms with Gasteiger partial charge < -0.3 is 9.84 Å². The minimum absolute atomic E-state index is 0.0217. The minimum Gasteiger partial charge on any atom is -0.338 e. The third kappa shape index (κ3) is 3.81. The molecule has 1 N–H and O–H groups in total. The van der Waals surface area contributed by atoms with Crippen molar-refractivity contribution in [2.45, 2.75) is 20.3 Å². The Morgan fingerprint density at radius 2 is 1.92 bits per heavy atom. The van der Waals surface area contributed by atoms with Gasteiger partial charge in [0.2, 0.25) is 17.6 Å². The monoisotopic (exact) mass is 341 g/mol. The fraction of sp³-hybridized carbons (Fsp3) is 0.167. The molecule has 1 heterocycles. The standard InChI is InChI=1S/C18H16ClN3O2/c1-11-3-8-15(12(2)9-11)20-16(23)10-17-21-18(22-24-17)13-4-6-14(19)7-5-13/h3-9H,10H2,1-2H3,(H,20,23). The van der Waals surface area contributed by atoms with Crippen LogP contribution in [0.5, 0.6) is 0 Å². The number of carbonyl (C=O) groups excluding carboxylic acids is 1. The molecule has 0 radical (unpaired) electrons. The summed E-state index contributed by atoms with van der Waals surface area (Å²) in [6, 6.07) is 12.9. The van der Waals surface area contributed by atoms with E-state index in [2.05, 4.69) is 15.5 Å². The molecule has 0 saturated carbocycles. The summed E-state index contributed by atoms with van der Waals surface area (Å²) in [5.41, 5.74) is 3.72. The van der Waals surface area contributed by atoms with Crippen LogP contribution in [0.1, 0.15) is 17.0 Å². The summed E-state index contributed by atoms with van der Waals surface area (Å²) < 4.78 is 5.15. The highest BCUT2D eigenvalue weighted by Crippen LogP contribution is 2.19. The summed E-state index contributed by atoms with van der Waals surface area (Å²) in [7, 11) is 0. The van der Waals surface area contributed by atoms with E-state index in [4.69, 9.17) is 16.1 Å². The highest BCUT2D eigenvalue weighted by molar-refractivity contribution is 6.30. The smallest absolute Gasteiger partial charge is 0.236 e. The predicted octanol–water partition coefficient (Wildman–Crippen LogP) is 4.19. The van der Waals surface area contributed by atoms with E-state index in [1.165, 1.54) is 0 Å². The van der Waals surface area contributed by atoms with Crippen LogP contribution in [0.25, 0.3) is 11.4 Å². The van der Waals surface area contributed by atoms with Gasteiger partial charge in [-0.25, -0.2) is 0 Å². The predicted molar refractivity (Wildman–Crippen MR) is 93.0 cm³/mol. The number of halogens is 1. The van der Waals surface area contributed by atoms with E-state index >= 15 is 0 Å². The molecule has 3 rings (SSSR count). The number of amides is 1. The van der Waals surface area contributed by atoms with Crippen molar-refractivity contribution in [3.8, 4) is 11.4 Å². The van der Waals surface area contributed by atoms with Gasteiger partial charge in [-0.15, -0.1) is 0 Å². The Balaban J connectivity index is 1.68. The molecular weight excluding hydrogens is 326 g/mol. The Hall–Kier alpha value is -2.66. The van der Waals surface area contributed by atoms with Crippen LogP contribution >= 0.6 is 11.6 Å². The van der Waals surface area contributed by atoms with Crippen LogP contribution in [-0.4, -0.2) is 16.0 Å². The van der Waals surface area contributed by atoms with Gasteiger partial charge in [0.25, 0.3) is 0 Å². The van der Waals surface area contributed by atoms with Gasteiger partial charge in [-0.1, -0.05) is 34.5 Å². The van der Waals surface area contributed by atoms with Gasteiger partial charge in [0.1, 0.15) is 6.42 Å². The molecule has 6 heteroatoms. The first-order valence-corrected chi connectivity index (χ1v) is 7.85. The first-order chi connectivity index (χ1) is 11.5. The number of hydrogen-bond donors (Lipinski definition) is 1. The van der Waals surface area contributed by atoms with E-state index in [0.717, 1.165) is 22.4 Å². The Bertz CT molecular complexity index is 872. The summed E-state index contributed by atoms with van der Waals surface area (Å²) in [5, 5.41) is 7.39.